The van der Waals surface area contributed by atoms with Crippen LogP contribution in [0.4, 0.5) is 10.5 Å². The van der Waals surface area contributed by atoms with Crippen molar-refractivity contribution in [1.29, 1.82) is 0 Å². The van der Waals surface area contributed by atoms with E-state index in [4.69, 9.17) is 10.5 Å². The van der Waals surface area contributed by atoms with Crippen molar-refractivity contribution in [2.24, 2.45) is 11.1 Å². The van der Waals surface area contributed by atoms with E-state index in [0.717, 1.165) is 18.5 Å². The van der Waals surface area contributed by atoms with Gasteiger partial charge in [-0.1, -0.05) is 18.2 Å². The van der Waals surface area contributed by atoms with E-state index in [1.54, 1.807) is 4.90 Å². The molecule has 1 amide bonds. The molecule has 0 aliphatic heterocycles. The Morgan fingerprint density at radius 2 is 1.90 bits per heavy atom. The van der Waals surface area contributed by atoms with E-state index in [2.05, 4.69) is 0 Å². The molecule has 1 aliphatic rings. The molecule has 4 nitrogen and oxygen atoms in total. The van der Waals surface area contributed by atoms with Gasteiger partial charge in [-0.2, -0.15) is 0 Å². The molecular weight excluding hydrogens is 252 g/mol. The predicted molar refractivity (Wildman–Crippen MR) is 80.7 cm³/mol. The van der Waals surface area contributed by atoms with Crippen LogP contribution in [0.25, 0.3) is 0 Å². The van der Waals surface area contributed by atoms with Gasteiger partial charge in [0.25, 0.3) is 0 Å². The maximum Gasteiger partial charge on any atom is 0.414 e. The third kappa shape index (κ3) is 3.73. The molecule has 0 spiro atoms. The summed E-state index contributed by atoms with van der Waals surface area (Å²) in [6.45, 7) is 6.87. The number of para-hydroxylation sites is 1. The highest BCUT2D eigenvalue weighted by molar-refractivity contribution is 5.88. The molecule has 1 aliphatic carbocycles. The fraction of sp³-hybridized carbons (Fsp3) is 0.562. The van der Waals surface area contributed by atoms with E-state index < -0.39 is 5.60 Å². The van der Waals surface area contributed by atoms with Crippen LogP contribution in [0.1, 0.15) is 33.6 Å². The summed E-state index contributed by atoms with van der Waals surface area (Å²) in [6, 6.07) is 9.64. The molecule has 20 heavy (non-hydrogen) atoms. The fourth-order valence-electron chi connectivity index (χ4n) is 2.13. The summed E-state index contributed by atoms with van der Waals surface area (Å²) < 4.78 is 5.52. The number of carbonyl (C=O) groups excluding carboxylic acids is 1. The van der Waals surface area contributed by atoms with Gasteiger partial charge in [-0.05, 0) is 52.3 Å². The Balaban J connectivity index is 2.18. The number of ether oxygens (including phenoxy) is 1. The number of carbonyl (C=O) groups is 1. The summed E-state index contributed by atoms with van der Waals surface area (Å²) >= 11 is 0. The van der Waals surface area contributed by atoms with Gasteiger partial charge >= 0.3 is 6.09 Å². The number of hydrogen-bond donors (Lipinski definition) is 1. The van der Waals surface area contributed by atoms with Gasteiger partial charge in [0.2, 0.25) is 0 Å². The second kappa shape index (κ2) is 5.44. The van der Waals surface area contributed by atoms with E-state index in [9.17, 15) is 4.79 Å². The molecule has 1 aromatic carbocycles. The molecular formula is C16H24N2O2. The fourth-order valence-corrected chi connectivity index (χ4v) is 2.13. The first kappa shape index (κ1) is 14.9. The van der Waals surface area contributed by atoms with E-state index in [1.165, 1.54) is 0 Å². The molecule has 0 saturated heterocycles. The van der Waals surface area contributed by atoms with E-state index in [1.807, 2.05) is 51.1 Å². The van der Waals surface area contributed by atoms with Gasteiger partial charge in [-0.25, -0.2) is 4.79 Å². The van der Waals surface area contributed by atoms with E-state index in [-0.39, 0.29) is 11.5 Å². The molecule has 1 fully saturated rings. The smallest absolute Gasteiger partial charge is 0.414 e. The highest BCUT2D eigenvalue weighted by Crippen LogP contribution is 2.45. The minimum Gasteiger partial charge on any atom is -0.443 e. The molecule has 0 heterocycles. The van der Waals surface area contributed by atoms with Crippen molar-refractivity contribution in [1.82, 2.24) is 0 Å². The molecule has 2 rings (SSSR count). The number of amides is 1. The minimum absolute atomic E-state index is 0.0761. The van der Waals surface area contributed by atoms with Crippen LogP contribution < -0.4 is 10.6 Å². The zero-order valence-electron chi connectivity index (χ0n) is 12.6. The van der Waals surface area contributed by atoms with Crippen LogP contribution in [0.5, 0.6) is 0 Å². The normalized spacial score (nSPS) is 16.6. The lowest BCUT2D eigenvalue weighted by Crippen LogP contribution is -2.42. The highest BCUT2D eigenvalue weighted by atomic mass is 16.6. The van der Waals surface area contributed by atoms with Crippen LogP contribution in [-0.4, -0.2) is 24.8 Å². The minimum atomic E-state index is -0.496. The average Bonchev–Trinajstić information content (AvgIpc) is 3.15. The van der Waals surface area contributed by atoms with E-state index >= 15 is 0 Å². The van der Waals surface area contributed by atoms with Crippen molar-refractivity contribution in [2.45, 2.75) is 39.2 Å². The number of hydrogen-bond acceptors (Lipinski definition) is 3. The maximum atomic E-state index is 12.4. The number of rotatable bonds is 4. The topological polar surface area (TPSA) is 55.6 Å². The Kier molecular flexibility index (Phi) is 4.04. The summed E-state index contributed by atoms with van der Waals surface area (Å²) in [5.74, 6) is 0. The predicted octanol–water partition coefficient (Wildman–Crippen LogP) is 3.17. The molecule has 110 valence electrons. The molecule has 1 saturated carbocycles. The number of anilines is 1. The first-order valence-electron chi connectivity index (χ1n) is 7.11. The lowest BCUT2D eigenvalue weighted by atomic mass is 10.1. The van der Waals surface area contributed by atoms with Crippen molar-refractivity contribution in [3.8, 4) is 0 Å². The summed E-state index contributed by atoms with van der Waals surface area (Å²) in [6.07, 6.45) is 1.86. The Morgan fingerprint density at radius 3 is 2.35 bits per heavy atom. The Labute approximate surface area is 120 Å². The standard InChI is InChI=1S/C16H24N2O2/c1-15(2,3)20-14(19)18(12-16(11-17)9-10-16)13-7-5-4-6-8-13/h4-8H,9-12,17H2,1-3H3. The van der Waals surface area contributed by atoms with Gasteiger partial charge in [-0.15, -0.1) is 0 Å². The number of nitrogens with zero attached hydrogens (tertiary/aromatic N) is 1. The third-order valence-corrected chi connectivity index (χ3v) is 3.57. The number of nitrogens with two attached hydrogens (primary N) is 1. The largest absolute Gasteiger partial charge is 0.443 e. The molecule has 0 atom stereocenters. The van der Waals surface area contributed by atoms with Crippen LogP contribution in [0.3, 0.4) is 0 Å². The van der Waals surface area contributed by atoms with Gasteiger partial charge in [0.1, 0.15) is 5.60 Å². The molecule has 0 unspecified atom stereocenters. The first-order valence-corrected chi connectivity index (χ1v) is 7.11. The van der Waals surface area contributed by atoms with Gasteiger partial charge in [0, 0.05) is 17.6 Å². The molecule has 0 radical (unpaired) electrons. The van der Waals surface area contributed by atoms with Crippen molar-refractivity contribution < 1.29 is 9.53 Å². The monoisotopic (exact) mass is 276 g/mol. The van der Waals surface area contributed by atoms with Gasteiger partial charge in [0.05, 0.1) is 0 Å². The first-order chi connectivity index (χ1) is 9.35. The van der Waals surface area contributed by atoms with Gasteiger partial charge < -0.3 is 10.5 Å². The lowest BCUT2D eigenvalue weighted by molar-refractivity contribution is 0.0573. The quantitative estimate of drug-likeness (QED) is 0.919. The van der Waals surface area contributed by atoms with Crippen LogP contribution in [0.2, 0.25) is 0 Å². The van der Waals surface area contributed by atoms with Gasteiger partial charge in [-0.3, -0.25) is 4.90 Å². The maximum absolute atomic E-state index is 12.4. The van der Waals surface area contributed by atoms with Crippen LogP contribution >= 0.6 is 0 Å². The summed E-state index contributed by atoms with van der Waals surface area (Å²) in [5.41, 5.74) is 6.29. The Hall–Kier alpha value is -1.55. The second-order valence-electron chi connectivity index (χ2n) is 6.61. The van der Waals surface area contributed by atoms with Crippen molar-refractivity contribution in [2.75, 3.05) is 18.0 Å². The molecule has 2 N–H and O–H groups in total. The molecule has 4 heteroatoms. The zero-order chi connectivity index (χ0) is 14.8. The zero-order valence-corrected chi connectivity index (χ0v) is 12.6. The Bertz CT molecular complexity index is 461. The van der Waals surface area contributed by atoms with Crippen LogP contribution in [0, 0.1) is 5.41 Å². The SMILES string of the molecule is CC(C)(C)OC(=O)N(CC1(CN)CC1)c1ccccc1. The highest BCUT2D eigenvalue weighted by Gasteiger charge is 2.44. The summed E-state index contributed by atoms with van der Waals surface area (Å²) in [4.78, 5) is 14.2. The van der Waals surface area contributed by atoms with Crippen LogP contribution in [0.15, 0.2) is 30.3 Å². The van der Waals surface area contributed by atoms with Crippen molar-refractivity contribution >= 4 is 11.8 Å². The van der Waals surface area contributed by atoms with Crippen molar-refractivity contribution in [3.05, 3.63) is 30.3 Å². The molecule has 0 aromatic heterocycles. The Morgan fingerprint density at radius 1 is 1.30 bits per heavy atom. The lowest BCUT2D eigenvalue weighted by Gasteiger charge is -2.30. The molecule has 0 bridgehead atoms. The van der Waals surface area contributed by atoms with Gasteiger partial charge in [0.15, 0.2) is 0 Å². The average molecular weight is 276 g/mol. The summed E-state index contributed by atoms with van der Waals surface area (Å²) in [7, 11) is 0. The summed E-state index contributed by atoms with van der Waals surface area (Å²) in [5, 5.41) is 0. The third-order valence-electron chi connectivity index (χ3n) is 3.57. The second-order valence-corrected chi connectivity index (χ2v) is 6.61. The molecule has 1 aromatic rings. The number of benzene rings is 1. The van der Waals surface area contributed by atoms with Crippen molar-refractivity contribution in [3.63, 3.8) is 0 Å². The van der Waals surface area contributed by atoms with E-state index in [0.29, 0.717) is 13.1 Å². The van der Waals surface area contributed by atoms with Crippen LogP contribution in [-0.2, 0) is 4.74 Å².